The molecule has 0 amide bonds. The molecule has 0 spiro atoms. The van der Waals surface area contributed by atoms with Crippen molar-refractivity contribution >= 4 is 0 Å². The molecule has 0 aromatic carbocycles. The van der Waals surface area contributed by atoms with Gasteiger partial charge in [0.25, 0.3) is 0 Å². The van der Waals surface area contributed by atoms with Gasteiger partial charge < -0.3 is 10.2 Å². The molecule has 0 radical (unpaired) electrons. The minimum Gasteiger partial charge on any atom is -0.317 e. The van der Waals surface area contributed by atoms with Gasteiger partial charge in [-0.1, -0.05) is 6.92 Å². The zero-order valence-corrected chi connectivity index (χ0v) is 10.8. The molecule has 1 saturated heterocycles. The van der Waals surface area contributed by atoms with Crippen LogP contribution in [0.25, 0.3) is 0 Å². The van der Waals surface area contributed by atoms with Gasteiger partial charge in [0.1, 0.15) is 0 Å². The molecule has 2 nitrogen and oxygen atoms in total. The van der Waals surface area contributed by atoms with Crippen LogP contribution in [0.4, 0.5) is 0 Å². The van der Waals surface area contributed by atoms with Gasteiger partial charge in [0.2, 0.25) is 0 Å². The van der Waals surface area contributed by atoms with E-state index in [1.807, 2.05) is 0 Å². The predicted octanol–water partition coefficient (Wildman–Crippen LogP) is 2.50. The van der Waals surface area contributed by atoms with Crippen molar-refractivity contribution in [2.24, 2.45) is 5.92 Å². The van der Waals surface area contributed by atoms with Crippen molar-refractivity contribution in [2.75, 3.05) is 26.2 Å². The minimum atomic E-state index is 0.733. The van der Waals surface area contributed by atoms with Gasteiger partial charge in [0, 0.05) is 12.6 Å². The van der Waals surface area contributed by atoms with Gasteiger partial charge in [-0.3, -0.25) is 0 Å². The SMILES string of the molecule is CCCNCCC1CCCN(C(C)C)C1. The van der Waals surface area contributed by atoms with Gasteiger partial charge >= 0.3 is 0 Å². The highest BCUT2D eigenvalue weighted by Gasteiger charge is 2.20. The summed E-state index contributed by atoms with van der Waals surface area (Å²) in [6, 6.07) is 0.733. The zero-order valence-electron chi connectivity index (χ0n) is 10.8. The number of likely N-dealkylation sites (tertiary alicyclic amines) is 1. The molecule has 1 aliphatic rings. The summed E-state index contributed by atoms with van der Waals surface area (Å²) in [7, 11) is 0. The van der Waals surface area contributed by atoms with Crippen LogP contribution in [0.3, 0.4) is 0 Å². The van der Waals surface area contributed by atoms with Crippen LogP contribution < -0.4 is 5.32 Å². The van der Waals surface area contributed by atoms with Gasteiger partial charge in [-0.05, 0) is 65.1 Å². The highest BCUT2D eigenvalue weighted by molar-refractivity contribution is 4.75. The molecule has 1 atom stereocenters. The summed E-state index contributed by atoms with van der Waals surface area (Å²) in [5.41, 5.74) is 0. The maximum absolute atomic E-state index is 3.51. The van der Waals surface area contributed by atoms with Crippen molar-refractivity contribution in [3.63, 3.8) is 0 Å². The molecule has 0 bridgehead atoms. The lowest BCUT2D eigenvalue weighted by molar-refractivity contribution is 0.135. The van der Waals surface area contributed by atoms with E-state index in [0.717, 1.165) is 12.0 Å². The molecule has 0 saturated carbocycles. The summed E-state index contributed by atoms with van der Waals surface area (Å²) in [6.07, 6.45) is 5.46. The van der Waals surface area contributed by atoms with Crippen molar-refractivity contribution in [1.82, 2.24) is 10.2 Å². The standard InChI is InChI=1S/C13H28N2/c1-4-8-14-9-7-13-6-5-10-15(11-13)12(2)3/h12-14H,4-11H2,1-3H3. The number of nitrogens with one attached hydrogen (secondary N) is 1. The van der Waals surface area contributed by atoms with E-state index < -0.39 is 0 Å². The second-order valence-electron chi connectivity index (χ2n) is 5.14. The van der Waals surface area contributed by atoms with Crippen LogP contribution in [0.15, 0.2) is 0 Å². The third kappa shape index (κ3) is 4.98. The molecular weight excluding hydrogens is 184 g/mol. The Morgan fingerprint density at radius 3 is 2.80 bits per heavy atom. The second kappa shape index (κ2) is 7.24. The van der Waals surface area contributed by atoms with Crippen molar-refractivity contribution in [2.45, 2.75) is 52.5 Å². The van der Waals surface area contributed by atoms with Crippen molar-refractivity contribution < 1.29 is 0 Å². The predicted molar refractivity (Wildman–Crippen MR) is 67.2 cm³/mol. The Hall–Kier alpha value is -0.0800. The molecule has 1 rings (SSSR count). The van der Waals surface area contributed by atoms with Crippen molar-refractivity contribution in [3.8, 4) is 0 Å². The Morgan fingerprint density at radius 1 is 1.33 bits per heavy atom. The minimum absolute atomic E-state index is 0.733. The molecular formula is C13H28N2. The fourth-order valence-electron chi connectivity index (χ4n) is 2.41. The Balaban J connectivity index is 2.13. The van der Waals surface area contributed by atoms with Crippen LogP contribution in [-0.4, -0.2) is 37.1 Å². The topological polar surface area (TPSA) is 15.3 Å². The summed E-state index contributed by atoms with van der Waals surface area (Å²) in [5.74, 6) is 0.936. The molecule has 1 heterocycles. The molecule has 0 aromatic rings. The number of hydrogen-bond donors (Lipinski definition) is 1. The van der Waals surface area contributed by atoms with Crippen molar-refractivity contribution in [3.05, 3.63) is 0 Å². The van der Waals surface area contributed by atoms with Gasteiger partial charge in [0.05, 0.1) is 0 Å². The fraction of sp³-hybridized carbons (Fsp3) is 1.00. The van der Waals surface area contributed by atoms with Crippen molar-refractivity contribution in [1.29, 1.82) is 0 Å². The monoisotopic (exact) mass is 212 g/mol. The fourth-order valence-corrected chi connectivity index (χ4v) is 2.41. The largest absolute Gasteiger partial charge is 0.317 e. The molecule has 0 aliphatic carbocycles. The Morgan fingerprint density at radius 2 is 2.13 bits per heavy atom. The first kappa shape index (κ1) is 13.0. The third-order valence-electron chi connectivity index (χ3n) is 3.44. The summed E-state index contributed by atoms with van der Waals surface area (Å²) in [5, 5.41) is 3.51. The van der Waals surface area contributed by atoms with Gasteiger partial charge in [-0.25, -0.2) is 0 Å². The Bertz CT molecular complexity index is 157. The second-order valence-corrected chi connectivity index (χ2v) is 5.14. The van der Waals surface area contributed by atoms with Crippen LogP contribution in [0, 0.1) is 5.92 Å². The normalized spacial score (nSPS) is 23.6. The van der Waals surface area contributed by atoms with Crippen LogP contribution in [0.5, 0.6) is 0 Å². The van der Waals surface area contributed by atoms with Crippen LogP contribution in [-0.2, 0) is 0 Å². The quantitative estimate of drug-likeness (QED) is 0.681. The van der Waals surface area contributed by atoms with E-state index in [2.05, 4.69) is 31.0 Å². The average Bonchev–Trinajstić information content (AvgIpc) is 2.25. The van der Waals surface area contributed by atoms with Gasteiger partial charge in [0.15, 0.2) is 0 Å². The third-order valence-corrected chi connectivity index (χ3v) is 3.44. The molecule has 2 heteroatoms. The summed E-state index contributed by atoms with van der Waals surface area (Å²) < 4.78 is 0. The van der Waals surface area contributed by atoms with E-state index in [-0.39, 0.29) is 0 Å². The Kier molecular flexibility index (Phi) is 6.26. The van der Waals surface area contributed by atoms with Crippen LogP contribution in [0.1, 0.15) is 46.5 Å². The smallest absolute Gasteiger partial charge is 0.00387 e. The summed E-state index contributed by atoms with van der Waals surface area (Å²) >= 11 is 0. The molecule has 90 valence electrons. The van der Waals surface area contributed by atoms with E-state index in [1.165, 1.54) is 51.9 Å². The average molecular weight is 212 g/mol. The lowest BCUT2D eigenvalue weighted by Gasteiger charge is -2.35. The highest BCUT2D eigenvalue weighted by atomic mass is 15.2. The lowest BCUT2D eigenvalue weighted by Crippen LogP contribution is -2.40. The zero-order chi connectivity index (χ0) is 11.1. The highest BCUT2D eigenvalue weighted by Crippen LogP contribution is 2.20. The number of piperidine rings is 1. The number of nitrogens with zero attached hydrogens (tertiary/aromatic N) is 1. The molecule has 1 N–H and O–H groups in total. The molecule has 1 aliphatic heterocycles. The first-order valence-corrected chi connectivity index (χ1v) is 6.68. The number of hydrogen-bond acceptors (Lipinski definition) is 2. The van der Waals surface area contributed by atoms with Gasteiger partial charge in [-0.15, -0.1) is 0 Å². The maximum Gasteiger partial charge on any atom is 0.00387 e. The van der Waals surface area contributed by atoms with E-state index >= 15 is 0 Å². The first-order chi connectivity index (χ1) is 7.24. The lowest BCUT2D eigenvalue weighted by atomic mass is 9.94. The molecule has 1 unspecified atom stereocenters. The maximum atomic E-state index is 3.51. The molecule has 15 heavy (non-hydrogen) atoms. The summed E-state index contributed by atoms with van der Waals surface area (Å²) in [4.78, 5) is 2.63. The molecule has 1 fully saturated rings. The van der Waals surface area contributed by atoms with E-state index in [4.69, 9.17) is 0 Å². The van der Waals surface area contributed by atoms with E-state index in [9.17, 15) is 0 Å². The van der Waals surface area contributed by atoms with Crippen LogP contribution >= 0.6 is 0 Å². The number of rotatable bonds is 6. The van der Waals surface area contributed by atoms with Gasteiger partial charge in [-0.2, -0.15) is 0 Å². The molecule has 0 aromatic heterocycles. The van der Waals surface area contributed by atoms with Crippen LogP contribution in [0.2, 0.25) is 0 Å². The van der Waals surface area contributed by atoms with E-state index in [0.29, 0.717) is 0 Å². The van der Waals surface area contributed by atoms with E-state index in [1.54, 1.807) is 0 Å². The summed E-state index contributed by atoms with van der Waals surface area (Å²) in [6.45, 7) is 11.9. The Labute approximate surface area is 95.4 Å². The first-order valence-electron chi connectivity index (χ1n) is 6.68.